The Balaban J connectivity index is 0.000000186. The van der Waals surface area contributed by atoms with Gasteiger partial charge >= 0.3 is 35.9 Å². The molecule has 29 nitrogen and oxygen atoms in total. The quantitative estimate of drug-likeness (QED) is 0.0288. The van der Waals surface area contributed by atoms with Crippen molar-refractivity contribution in [3.63, 3.8) is 0 Å². The van der Waals surface area contributed by atoms with Crippen molar-refractivity contribution in [1.82, 2.24) is 20.4 Å². The van der Waals surface area contributed by atoms with Crippen LogP contribution < -0.4 is 34.3 Å². The summed E-state index contributed by atoms with van der Waals surface area (Å²) in [5, 5.41) is 89.8. The van der Waals surface area contributed by atoms with Crippen molar-refractivity contribution in [2.24, 2.45) is 16.7 Å². The number of nitrogens with zero attached hydrogens (tertiary/aromatic N) is 2. The van der Waals surface area contributed by atoms with E-state index >= 15 is 0 Å². The standard InChI is InChI=1S/C43H53NO14.C39H43N3O11S/c1-22-26(55-37(51)32(48)30(24-15-11-9-12-16-24)44-38(52)58-39(3,4)5)20-43(53)35(56-36(50)25-17-13-10-14-18-25)33-41(8,34(49)31(47)29(22)40(43,6)7)27(46)19-28-42(33,21-54-28)57-23(2)45;1-16-9-20-10-22-37(46)42-23-13-50-38(47)39(21-12-25(48-5)24(44)11-19(21)7-8-40-39)14-54-36(30(42)29(41(22)4)26(20)31(45)32(16)49-6)28-27(23)35-34(51-15-52-35)17(2)33(28)53-18(3)43/h9-18,26-28,30-33,35,46-48,53H,19-21H2,1-8H3,(H,44,52);9,11-12,22-23,29-30,36-37,40,44-46H,7-8,10,13-15H2,1-6H3/t26-,27-,28+,30-,31+,32+,33-,35-,41+,42-,43+;22-,23-,29+,30+,36+,37-,39+/m00/s1. The normalized spacial score (nSPS) is 31.6. The first-order valence-corrected chi connectivity index (χ1v) is 38.4. The summed E-state index contributed by atoms with van der Waals surface area (Å²) in [5.74, 6) is -4.41. The lowest BCUT2D eigenvalue weighted by Crippen LogP contribution is -2.81. The average Bonchev–Trinajstić information content (AvgIpc) is 0.743. The molecule has 0 aromatic heterocycles. The van der Waals surface area contributed by atoms with E-state index in [2.05, 4.69) is 15.5 Å². The van der Waals surface area contributed by atoms with Gasteiger partial charge in [-0.1, -0.05) is 68.4 Å². The molecule has 3 aliphatic carbocycles. The number of ether oxygens (including phenoxy) is 11. The van der Waals surface area contributed by atoms with Gasteiger partial charge in [0.2, 0.25) is 6.79 Å². The summed E-state index contributed by atoms with van der Waals surface area (Å²) in [6.45, 7) is 17.0. The number of ketones is 1. The van der Waals surface area contributed by atoms with Crippen LogP contribution in [0.3, 0.4) is 0 Å². The van der Waals surface area contributed by atoms with E-state index in [0.717, 1.165) is 23.6 Å². The fourth-order valence-electron chi connectivity index (χ4n) is 19.6. The third-order valence-corrected chi connectivity index (χ3v) is 26.3. The highest BCUT2D eigenvalue weighted by Crippen LogP contribution is 2.67. The van der Waals surface area contributed by atoms with Gasteiger partial charge in [-0.2, -0.15) is 0 Å². The van der Waals surface area contributed by atoms with Gasteiger partial charge in [-0.05, 0) is 132 Å². The van der Waals surface area contributed by atoms with Crippen molar-refractivity contribution >= 4 is 53.5 Å². The fourth-order valence-corrected chi connectivity index (χ4v) is 21.2. The van der Waals surface area contributed by atoms with Gasteiger partial charge in [-0.25, -0.2) is 19.2 Å². The van der Waals surface area contributed by atoms with Crippen molar-refractivity contribution in [3.8, 4) is 40.2 Å². The topological polar surface area (TPSA) is 393 Å². The lowest BCUT2D eigenvalue weighted by molar-refractivity contribution is -0.346. The van der Waals surface area contributed by atoms with Crippen LogP contribution in [0, 0.1) is 30.6 Å². The molecule has 18 atom stereocenters. The number of likely N-dealkylation sites (N-methyl/N-ethyl adjacent to an activating group) is 1. The zero-order chi connectivity index (χ0) is 80.7. The maximum absolute atomic E-state index is 14.9. The van der Waals surface area contributed by atoms with E-state index in [1.807, 2.05) is 31.9 Å². The summed E-state index contributed by atoms with van der Waals surface area (Å²) < 4.78 is 65.4. The number of carbonyl (C=O) groups excluding carboxylic acids is 7. The second kappa shape index (κ2) is 29.1. The van der Waals surface area contributed by atoms with E-state index in [1.165, 1.54) is 58.9 Å². The number of hydrogen-bond donors (Lipinski definition) is 9. The number of aliphatic hydroxyl groups is 5. The van der Waals surface area contributed by atoms with Gasteiger partial charge in [0.25, 0.3) is 0 Å². The Bertz CT molecular complexity index is 4690. The molecule has 16 rings (SSSR count). The zero-order valence-corrected chi connectivity index (χ0v) is 65.6. The van der Waals surface area contributed by atoms with Crippen LogP contribution in [0.15, 0.2) is 90.0 Å². The number of rotatable bonds is 11. The number of aliphatic hydroxyl groups excluding tert-OH is 4. The molecule has 9 N–H and O–H groups in total. The number of benzene rings is 5. The maximum Gasteiger partial charge on any atom is 0.408 e. The summed E-state index contributed by atoms with van der Waals surface area (Å²) in [5.41, 5.74) is -3.78. The van der Waals surface area contributed by atoms with E-state index in [-0.39, 0.29) is 72.2 Å². The number of carbonyl (C=O) groups is 7. The first-order chi connectivity index (χ1) is 52.9. The van der Waals surface area contributed by atoms with Crippen LogP contribution in [-0.2, 0) is 70.8 Å². The number of alkyl carbamates (subject to hydrolysis) is 1. The number of nitrogens with one attached hydrogen (secondary N) is 2. The molecule has 2 saturated carbocycles. The molecule has 11 aliphatic rings. The highest BCUT2D eigenvalue weighted by Gasteiger charge is 2.78. The molecular weight excluding hydrogens is 1470 g/mol. The third-order valence-electron chi connectivity index (χ3n) is 24.8. The molecule has 112 heavy (non-hydrogen) atoms. The number of aromatic hydroxyl groups is 2. The number of fused-ring (bicyclic) bond motifs is 14. The summed E-state index contributed by atoms with van der Waals surface area (Å²) in [7, 11) is 4.96. The molecule has 5 fully saturated rings. The second-order valence-electron chi connectivity index (χ2n) is 32.5. The number of hydrogen-bond acceptors (Lipinski definition) is 29. The molecule has 1 spiro atoms. The van der Waals surface area contributed by atoms with Crippen molar-refractivity contribution in [1.29, 1.82) is 0 Å². The molecule has 1 amide bonds. The monoisotopic (exact) mass is 1570 g/mol. The Labute approximate surface area is 651 Å². The van der Waals surface area contributed by atoms with Gasteiger partial charge in [-0.15, -0.1) is 11.8 Å². The van der Waals surface area contributed by atoms with E-state index < -0.39 is 160 Å². The summed E-state index contributed by atoms with van der Waals surface area (Å²) in [4.78, 5) is 101. The van der Waals surface area contributed by atoms with Gasteiger partial charge in [0.05, 0.1) is 73.2 Å². The van der Waals surface area contributed by atoms with Gasteiger partial charge in [0, 0.05) is 72.7 Å². The van der Waals surface area contributed by atoms with Crippen molar-refractivity contribution < 1.29 is 121 Å². The lowest BCUT2D eigenvalue weighted by atomic mass is 9.44. The van der Waals surface area contributed by atoms with Gasteiger partial charge in [-0.3, -0.25) is 29.5 Å². The molecule has 8 heterocycles. The number of methoxy groups -OCH3 is 2. The zero-order valence-electron chi connectivity index (χ0n) is 64.7. The largest absolute Gasteiger partial charge is 0.504 e. The van der Waals surface area contributed by atoms with Crippen LogP contribution in [0.2, 0.25) is 0 Å². The van der Waals surface area contributed by atoms with Crippen LogP contribution in [0.4, 0.5) is 4.79 Å². The minimum absolute atomic E-state index is 0.0226. The number of aryl methyl sites for hydroxylation is 1. The molecule has 3 saturated heterocycles. The number of phenols is 2. The molecule has 5 aromatic carbocycles. The Morgan fingerprint density at radius 2 is 1.52 bits per heavy atom. The minimum atomic E-state index is -2.35. The molecular formula is C82H96N4O25S. The Morgan fingerprint density at radius 1 is 0.830 bits per heavy atom. The summed E-state index contributed by atoms with van der Waals surface area (Å²) in [6, 6.07) is 17.8. The fraction of sp³-hybridized carbons (Fsp3) is 0.524. The number of Topliss-reactive ketones (excluding diaryl/α,β-unsaturated/α-hetero) is 1. The Morgan fingerprint density at radius 3 is 2.16 bits per heavy atom. The molecule has 600 valence electrons. The Hall–Kier alpha value is -9.08. The van der Waals surface area contributed by atoms with E-state index in [4.69, 9.17) is 52.1 Å². The SMILES string of the molecule is CC(=O)O[C@@]12CO[C@@H]1C[C@H](O)[C@@]1(C)C(=O)[C@H](O)C3=C(C)[C@@H](OC(=O)[C@H](O)[C@@H](NC(=O)OC(C)(C)C)c4ccccc4)C[C@@](O)([C@@H](OC(=O)c4ccccc4)[C@H]21)C3(C)C.COc1cc2c(cc1O)CCN[C@]21CS[C@@H]2c3c(OC(C)=O)c(C)c4c(c3[C@H](COC1=O)N1[C@@H]2[C@H]2c3c(cc(C)c(OC)c3O)C[C@@H]([C@@H]1O)N2C)OCO4. The highest BCUT2D eigenvalue weighted by molar-refractivity contribution is 7.99. The van der Waals surface area contributed by atoms with Crippen molar-refractivity contribution in [2.45, 2.75) is 202 Å². The summed E-state index contributed by atoms with van der Waals surface area (Å²) in [6.07, 6.45) is -11.5. The number of esters is 5. The lowest BCUT2D eigenvalue weighted by Gasteiger charge is -2.67. The summed E-state index contributed by atoms with van der Waals surface area (Å²) >= 11 is 1.47. The van der Waals surface area contributed by atoms with Crippen LogP contribution in [0.5, 0.6) is 40.2 Å². The molecule has 30 heteroatoms. The predicted octanol–water partition coefficient (Wildman–Crippen LogP) is 6.67. The van der Waals surface area contributed by atoms with Gasteiger partial charge in [0.1, 0.15) is 54.2 Å². The molecule has 0 unspecified atom stereocenters. The molecule has 8 aliphatic heterocycles. The predicted molar refractivity (Wildman–Crippen MR) is 398 cm³/mol. The van der Waals surface area contributed by atoms with E-state index in [1.54, 1.807) is 95.3 Å². The number of piperazine rings is 1. The average molecular weight is 1570 g/mol. The molecule has 6 bridgehead atoms. The first kappa shape index (κ1) is 79.6. The van der Waals surface area contributed by atoms with Crippen LogP contribution in [0.1, 0.15) is 159 Å². The van der Waals surface area contributed by atoms with E-state index in [0.29, 0.717) is 75.8 Å². The molecule has 0 radical (unpaired) electrons. The smallest absolute Gasteiger partial charge is 0.408 e. The second-order valence-corrected chi connectivity index (χ2v) is 33.6. The van der Waals surface area contributed by atoms with Crippen LogP contribution >= 0.6 is 11.8 Å². The van der Waals surface area contributed by atoms with Crippen molar-refractivity contribution in [2.75, 3.05) is 53.6 Å². The van der Waals surface area contributed by atoms with Crippen molar-refractivity contribution in [3.05, 3.63) is 146 Å². The Kier molecular flexibility index (Phi) is 20.7. The van der Waals surface area contributed by atoms with Gasteiger partial charge in [0.15, 0.2) is 57.5 Å². The maximum atomic E-state index is 14.9. The van der Waals surface area contributed by atoms with Gasteiger partial charge < -0.3 is 93.2 Å². The minimum Gasteiger partial charge on any atom is -0.504 e. The number of thioether (sulfide) groups is 1. The highest BCUT2D eigenvalue weighted by atomic mass is 32.2. The van der Waals surface area contributed by atoms with Crippen LogP contribution in [-0.4, -0.2) is 213 Å². The third kappa shape index (κ3) is 12.6. The first-order valence-electron chi connectivity index (χ1n) is 37.4. The van der Waals surface area contributed by atoms with E-state index in [9.17, 15) is 69.3 Å². The molecule has 5 aromatic rings. The van der Waals surface area contributed by atoms with Crippen LogP contribution in [0.25, 0.3) is 0 Å². The number of amides is 1. The number of phenolic OH excluding ortho intramolecular Hbond substituents is 2.